The van der Waals surface area contributed by atoms with E-state index in [0.29, 0.717) is 11.8 Å². The van der Waals surface area contributed by atoms with Crippen molar-refractivity contribution in [1.82, 2.24) is 19.4 Å². The first-order chi connectivity index (χ1) is 14.7. The first-order valence-corrected chi connectivity index (χ1v) is 11.5. The van der Waals surface area contributed by atoms with Gasteiger partial charge in [-0.25, -0.2) is 8.42 Å². The van der Waals surface area contributed by atoms with Crippen LogP contribution in [-0.2, 0) is 16.2 Å². The molecule has 1 saturated heterocycles. The van der Waals surface area contributed by atoms with Crippen molar-refractivity contribution in [3.63, 3.8) is 0 Å². The van der Waals surface area contributed by atoms with Crippen molar-refractivity contribution >= 4 is 27.3 Å². The third kappa shape index (κ3) is 4.36. The van der Waals surface area contributed by atoms with Crippen LogP contribution in [0.15, 0.2) is 52.7 Å². The second kappa shape index (κ2) is 8.09. The molecule has 1 aliphatic rings. The lowest BCUT2D eigenvalue weighted by molar-refractivity contribution is -0.137. The highest BCUT2D eigenvalue weighted by atomic mass is 32.2. The van der Waals surface area contributed by atoms with Crippen molar-refractivity contribution in [3.05, 3.63) is 59.1 Å². The minimum Gasteiger partial charge on any atom is -0.335 e. The fraction of sp³-hybridized carbons (Fsp3) is 0.263. The van der Waals surface area contributed by atoms with Gasteiger partial charge in [0.1, 0.15) is 0 Å². The predicted molar refractivity (Wildman–Crippen MR) is 108 cm³/mol. The topological polar surface area (TPSA) is 86.4 Å². The number of halogens is 3. The van der Waals surface area contributed by atoms with Gasteiger partial charge in [0.25, 0.3) is 5.91 Å². The molecule has 0 aliphatic carbocycles. The highest BCUT2D eigenvalue weighted by Gasteiger charge is 2.34. The number of benzene rings is 1. The molecule has 0 spiro atoms. The molecule has 4 rings (SSSR count). The lowest BCUT2D eigenvalue weighted by Gasteiger charge is -2.33. The van der Waals surface area contributed by atoms with E-state index in [4.69, 9.17) is 0 Å². The summed E-state index contributed by atoms with van der Waals surface area (Å²) in [6.45, 7) is 0.176. The maximum Gasteiger partial charge on any atom is 0.416 e. The molecule has 0 bridgehead atoms. The number of carbonyl (C=O) groups excluding carboxylic acids is 1. The summed E-state index contributed by atoms with van der Waals surface area (Å²) in [6, 6.07) is 9.07. The SMILES string of the molecule is O=C(c1cc(-c2cccs2)[nH]n1)N1CCN(S(=O)(=O)c2cccc(C(F)(F)F)c2)CC1. The summed E-state index contributed by atoms with van der Waals surface area (Å²) in [6.07, 6.45) is -4.64. The number of hydrogen-bond donors (Lipinski definition) is 1. The summed E-state index contributed by atoms with van der Waals surface area (Å²) in [7, 11) is -4.11. The highest BCUT2D eigenvalue weighted by molar-refractivity contribution is 7.89. The number of aromatic nitrogens is 2. The zero-order valence-corrected chi connectivity index (χ0v) is 17.6. The molecule has 7 nitrogen and oxygen atoms in total. The molecule has 1 N–H and O–H groups in total. The zero-order valence-electron chi connectivity index (χ0n) is 16.0. The average molecular weight is 470 g/mol. The van der Waals surface area contributed by atoms with Gasteiger partial charge in [-0.3, -0.25) is 9.89 Å². The number of thiophene rings is 1. The number of nitrogens with zero attached hydrogens (tertiary/aromatic N) is 3. The molecule has 1 aliphatic heterocycles. The van der Waals surface area contributed by atoms with Gasteiger partial charge in [-0.2, -0.15) is 22.6 Å². The maximum absolute atomic E-state index is 12.9. The van der Waals surface area contributed by atoms with Gasteiger partial charge in [0.05, 0.1) is 21.0 Å². The molecule has 12 heteroatoms. The number of alkyl halides is 3. The molecule has 1 aromatic carbocycles. The third-order valence-electron chi connectivity index (χ3n) is 4.91. The number of amides is 1. The van der Waals surface area contributed by atoms with Crippen LogP contribution < -0.4 is 0 Å². The van der Waals surface area contributed by atoms with Crippen LogP contribution in [0.3, 0.4) is 0 Å². The van der Waals surface area contributed by atoms with Gasteiger partial charge in [0.15, 0.2) is 5.69 Å². The summed E-state index contributed by atoms with van der Waals surface area (Å²) in [5.74, 6) is -0.338. The van der Waals surface area contributed by atoms with Crippen LogP contribution in [-0.4, -0.2) is 59.9 Å². The molecule has 31 heavy (non-hydrogen) atoms. The van der Waals surface area contributed by atoms with Crippen molar-refractivity contribution in [2.75, 3.05) is 26.2 Å². The van der Waals surface area contributed by atoms with Gasteiger partial charge in [0, 0.05) is 26.2 Å². The largest absolute Gasteiger partial charge is 0.416 e. The Morgan fingerprint density at radius 1 is 1.06 bits per heavy atom. The van der Waals surface area contributed by atoms with Crippen molar-refractivity contribution in [3.8, 4) is 10.6 Å². The van der Waals surface area contributed by atoms with Gasteiger partial charge in [-0.05, 0) is 35.7 Å². The average Bonchev–Trinajstić information content (AvgIpc) is 3.45. The Bertz CT molecular complexity index is 1180. The molecule has 0 radical (unpaired) electrons. The van der Waals surface area contributed by atoms with Gasteiger partial charge in [-0.15, -0.1) is 11.3 Å². The lowest BCUT2D eigenvalue weighted by atomic mass is 10.2. The predicted octanol–water partition coefficient (Wildman–Crippen LogP) is 3.30. The highest BCUT2D eigenvalue weighted by Crippen LogP contribution is 2.31. The number of aromatic amines is 1. The number of sulfonamides is 1. The van der Waals surface area contributed by atoms with E-state index in [1.54, 1.807) is 6.07 Å². The second-order valence-corrected chi connectivity index (χ2v) is 9.75. The molecule has 3 aromatic rings. The normalized spacial score (nSPS) is 15.9. The first-order valence-electron chi connectivity index (χ1n) is 9.22. The van der Waals surface area contributed by atoms with Crippen LogP contribution in [0.1, 0.15) is 16.1 Å². The number of hydrogen-bond acceptors (Lipinski definition) is 5. The van der Waals surface area contributed by atoms with Gasteiger partial charge in [0.2, 0.25) is 10.0 Å². The number of rotatable bonds is 4. The molecule has 164 valence electrons. The van der Waals surface area contributed by atoms with Crippen molar-refractivity contribution < 1.29 is 26.4 Å². The summed E-state index contributed by atoms with van der Waals surface area (Å²) in [4.78, 5) is 14.7. The molecular weight excluding hydrogens is 453 g/mol. The lowest BCUT2D eigenvalue weighted by Crippen LogP contribution is -2.50. The molecule has 0 saturated carbocycles. The van der Waals surface area contributed by atoms with Gasteiger partial charge < -0.3 is 4.90 Å². The van der Waals surface area contributed by atoms with Crippen molar-refractivity contribution in [1.29, 1.82) is 0 Å². The maximum atomic E-state index is 12.9. The summed E-state index contributed by atoms with van der Waals surface area (Å²) in [5, 5.41) is 8.77. The molecule has 0 atom stereocenters. The Morgan fingerprint density at radius 3 is 2.45 bits per heavy atom. The molecule has 1 amide bonds. The monoisotopic (exact) mass is 470 g/mol. The van der Waals surface area contributed by atoms with Crippen LogP contribution in [0, 0.1) is 0 Å². The van der Waals surface area contributed by atoms with E-state index in [2.05, 4.69) is 10.2 Å². The van der Waals surface area contributed by atoms with E-state index in [1.165, 1.54) is 16.2 Å². The van der Waals surface area contributed by atoms with Crippen LogP contribution in [0.25, 0.3) is 10.6 Å². The van der Waals surface area contributed by atoms with Crippen LogP contribution in [0.2, 0.25) is 0 Å². The van der Waals surface area contributed by atoms with Crippen LogP contribution in [0.4, 0.5) is 13.2 Å². The molecule has 1 fully saturated rings. The van der Waals surface area contributed by atoms with Crippen molar-refractivity contribution in [2.45, 2.75) is 11.1 Å². The molecule has 0 unspecified atom stereocenters. The molecule has 2 aromatic heterocycles. The van der Waals surface area contributed by atoms with Crippen LogP contribution >= 0.6 is 11.3 Å². The summed E-state index contributed by atoms with van der Waals surface area (Å²) >= 11 is 1.50. The van der Waals surface area contributed by atoms with E-state index in [-0.39, 0.29) is 37.8 Å². The van der Waals surface area contributed by atoms with E-state index < -0.39 is 26.7 Å². The second-order valence-electron chi connectivity index (χ2n) is 6.87. The zero-order chi connectivity index (χ0) is 22.2. The summed E-state index contributed by atoms with van der Waals surface area (Å²) in [5.41, 5.74) is -0.0934. The Kier molecular flexibility index (Phi) is 5.62. The van der Waals surface area contributed by atoms with Gasteiger partial charge >= 0.3 is 6.18 Å². The minimum atomic E-state index is -4.64. The van der Waals surface area contributed by atoms with E-state index >= 15 is 0 Å². The Balaban J connectivity index is 1.44. The van der Waals surface area contributed by atoms with Gasteiger partial charge in [-0.1, -0.05) is 12.1 Å². The number of nitrogens with one attached hydrogen (secondary N) is 1. The summed E-state index contributed by atoms with van der Waals surface area (Å²) < 4.78 is 65.5. The van der Waals surface area contributed by atoms with E-state index in [0.717, 1.165) is 27.4 Å². The fourth-order valence-corrected chi connectivity index (χ4v) is 5.43. The van der Waals surface area contributed by atoms with E-state index in [9.17, 15) is 26.4 Å². The fourth-order valence-electron chi connectivity index (χ4n) is 3.26. The molecule has 3 heterocycles. The van der Waals surface area contributed by atoms with Crippen molar-refractivity contribution in [2.24, 2.45) is 0 Å². The Hall–Kier alpha value is -2.70. The Morgan fingerprint density at radius 2 is 1.81 bits per heavy atom. The number of H-pyrrole nitrogens is 1. The Labute approximate surface area is 180 Å². The van der Waals surface area contributed by atoms with E-state index in [1.807, 2.05) is 17.5 Å². The third-order valence-corrected chi connectivity index (χ3v) is 7.71. The smallest absolute Gasteiger partial charge is 0.335 e. The number of piperazine rings is 1. The molecular formula is C19H17F3N4O3S2. The van der Waals surface area contributed by atoms with Crippen LogP contribution in [0.5, 0.6) is 0 Å². The number of carbonyl (C=O) groups is 1. The standard InChI is InChI=1S/C19H17F3N4O3S2/c20-19(21,22)13-3-1-4-14(11-13)31(28,29)26-8-6-25(7-9-26)18(27)16-12-15(23-24-16)17-5-2-10-30-17/h1-5,10-12H,6-9H2,(H,23,24). The first kappa shape index (κ1) is 21.5. The quantitative estimate of drug-likeness (QED) is 0.634. The minimum absolute atomic E-state index is 0.0213.